The molecule has 0 fully saturated rings. The Morgan fingerprint density at radius 3 is 1.70 bits per heavy atom. The highest BCUT2D eigenvalue weighted by atomic mass is 31.1. The lowest BCUT2D eigenvalue weighted by Crippen LogP contribution is -2.05. The summed E-state index contributed by atoms with van der Waals surface area (Å²) < 4.78 is 10.4. The first-order valence-electron chi connectivity index (χ1n) is 5.31. The molecule has 0 aliphatic carbocycles. The predicted octanol–water partition coefficient (Wildman–Crippen LogP) is 0.0304. The second-order valence-corrected chi connectivity index (χ2v) is 4.59. The van der Waals surface area contributed by atoms with Crippen molar-refractivity contribution in [2.45, 2.75) is 5.85 Å². The molecule has 2 rings (SSSR count). The van der Waals surface area contributed by atoms with Crippen LogP contribution in [-0.4, -0.2) is 25.0 Å². The summed E-state index contributed by atoms with van der Waals surface area (Å²) in [5, 5.41) is 9.06. The molecule has 2 aromatic rings. The summed E-state index contributed by atoms with van der Waals surface area (Å²) in [7, 11) is -2.53. The highest BCUT2D eigenvalue weighted by Gasteiger charge is 2.27. The summed E-state index contributed by atoms with van der Waals surface area (Å²) in [5.41, 5.74) is 15.9. The van der Waals surface area contributed by atoms with E-state index >= 15 is 0 Å². The number of benzene rings is 1. The Kier molecular flexibility index (Phi) is 5.73. The molecule has 0 bridgehead atoms. The molecule has 2 atom stereocenters. The van der Waals surface area contributed by atoms with Gasteiger partial charge in [-0.15, -0.1) is 0 Å². The number of hydrogen-bond donors (Lipinski definition) is 5. The van der Waals surface area contributed by atoms with Crippen molar-refractivity contribution in [3.05, 3.63) is 35.9 Å². The smallest absolute Gasteiger partial charge is 0.368 e. The fourth-order valence-electron chi connectivity index (χ4n) is 1.18. The van der Waals surface area contributed by atoms with Crippen molar-refractivity contribution in [2.24, 2.45) is 0 Å². The van der Waals surface area contributed by atoms with E-state index in [1.54, 1.807) is 30.3 Å². The zero-order chi connectivity index (χ0) is 15.1. The maximum Gasteiger partial charge on any atom is 0.542 e. The molecule has 1 aromatic carbocycles. The second-order valence-electron chi connectivity index (χ2n) is 3.50. The first kappa shape index (κ1) is 15.7. The molecule has 0 aliphatic heterocycles. The van der Waals surface area contributed by atoms with Crippen molar-refractivity contribution in [1.29, 1.82) is 0 Å². The van der Waals surface area contributed by atoms with Crippen LogP contribution in [0.15, 0.2) is 30.3 Å². The third kappa shape index (κ3) is 5.11. The first-order chi connectivity index (χ1) is 9.40. The monoisotopic (exact) mass is 297 g/mol. The topological polar surface area (TPSA) is 174 Å². The fraction of sp³-hybridized carbons (Fsp3) is 0.100. The molecule has 0 radical (unpaired) electrons. The molecule has 0 spiro atoms. The number of rotatable bonds is 2. The van der Waals surface area contributed by atoms with Crippen LogP contribution in [0.3, 0.4) is 0 Å². The molecule has 9 nitrogen and oxygen atoms in total. The van der Waals surface area contributed by atoms with Crippen LogP contribution in [0.5, 0.6) is 0 Å². The first-order valence-corrected chi connectivity index (χ1v) is 6.59. The summed E-state index contributed by atoms with van der Waals surface area (Å²) in [6, 6.07) is 8.40. The molecule has 8 N–H and O–H groups in total. The molecule has 0 amide bonds. The summed E-state index contributed by atoms with van der Waals surface area (Å²) >= 11 is 0. The highest BCUT2D eigenvalue weighted by molar-refractivity contribution is 7.38. The molecule has 20 heavy (non-hydrogen) atoms. The van der Waals surface area contributed by atoms with Crippen LogP contribution in [-0.2, 0) is 4.57 Å². The van der Waals surface area contributed by atoms with Crippen LogP contribution >= 0.6 is 8.03 Å². The van der Waals surface area contributed by atoms with Gasteiger partial charge in [-0.1, -0.05) is 30.3 Å². The van der Waals surface area contributed by atoms with Crippen molar-refractivity contribution in [3.63, 3.8) is 0 Å². The van der Waals surface area contributed by atoms with Crippen LogP contribution in [0.4, 0.5) is 17.8 Å². The van der Waals surface area contributed by atoms with Gasteiger partial charge in [0.2, 0.25) is 17.8 Å². The number of aliphatic hydroxyl groups excluding tert-OH is 1. The minimum Gasteiger partial charge on any atom is -0.368 e. The second kappa shape index (κ2) is 7.29. The van der Waals surface area contributed by atoms with Gasteiger partial charge in [-0.25, -0.2) is 0 Å². The number of nitrogens with zero attached hydrogens (tertiary/aromatic N) is 3. The van der Waals surface area contributed by atoms with E-state index in [0.717, 1.165) is 0 Å². The Morgan fingerprint density at radius 2 is 1.35 bits per heavy atom. The Morgan fingerprint density at radius 1 is 0.950 bits per heavy atom. The van der Waals surface area contributed by atoms with E-state index in [9.17, 15) is 4.57 Å². The number of aromatic nitrogens is 3. The van der Waals surface area contributed by atoms with Crippen LogP contribution in [0.1, 0.15) is 11.4 Å². The largest absolute Gasteiger partial charge is 0.542 e. The van der Waals surface area contributed by atoms with Gasteiger partial charge in [-0.05, 0) is 4.57 Å². The van der Waals surface area contributed by atoms with Crippen LogP contribution < -0.4 is 17.2 Å². The number of hydrogen-bond acceptors (Lipinski definition) is 8. The highest BCUT2D eigenvalue weighted by Crippen LogP contribution is 2.34. The van der Waals surface area contributed by atoms with Gasteiger partial charge < -0.3 is 22.3 Å². The van der Waals surface area contributed by atoms with E-state index in [1.807, 2.05) is 0 Å². The number of anilines is 3. The average molecular weight is 297 g/mol. The minimum absolute atomic E-state index is 0.0417. The molecule has 10 heteroatoms. The lowest BCUT2D eigenvalue weighted by Gasteiger charge is -1.94. The van der Waals surface area contributed by atoms with E-state index < -0.39 is 13.9 Å². The molecular formula is C10H14N6O3P+. The van der Waals surface area contributed by atoms with Crippen molar-refractivity contribution >= 4 is 25.9 Å². The molecule has 0 saturated carbocycles. The normalized spacial score (nSPS) is 12.0. The van der Waals surface area contributed by atoms with E-state index in [2.05, 4.69) is 15.0 Å². The van der Waals surface area contributed by atoms with Gasteiger partial charge >= 0.3 is 13.9 Å². The summed E-state index contributed by atoms with van der Waals surface area (Å²) in [5.74, 6) is -1.13. The SMILES string of the molecule is Nc1nc(N)nc(N)n1.O=[P+](O)C(O)c1ccccc1. The molecule has 106 valence electrons. The van der Waals surface area contributed by atoms with Crippen molar-refractivity contribution < 1.29 is 14.6 Å². The zero-order valence-electron chi connectivity index (χ0n) is 10.3. The number of nitrogens with two attached hydrogens (primary N) is 3. The lowest BCUT2D eigenvalue weighted by atomic mass is 10.2. The molecule has 1 aromatic heterocycles. The average Bonchev–Trinajstić information content (AvgIpc) is 2.38. The third-order valence-corrected chi connectivity index (χ3v) is 2.71. The van der Waals surface area contributed by atoms with Gasteiger partial charge in [0.25, 0.3) is 0 Å². The third-order valence-electron chi connectivity index (χ3n) is 1.99. The minimum atomic E-state index is -2.53. The molecule has 0 aliphatic rings. The molecule has 0 saturated heterocycles. The van der Waals surface area contributed by atoms with Gasteiger partial charge in [0, 0.05) is 5.56 Å². The Balaban J connectivity index is 0.000000204. The van der Waals surface area contributed by atoms with Crippen LogP contribution in [0.2, 0.25) is 0 Å². The van der Waals surface area contributed by atoms with Crippen molar-refractivity contribution in [3.8, 4) is 0 Å². The van der Waals surface area contributed by atoms with E-state index in [4.69, 9.17) is 27.2 Å². The Bertz CT molecular complexity index is 532. The van der Waals surface area contributed by atoms with Gasteiger partial charge in [0.1, 0.15) is 0 Å². The molecule has 1 heterocycles. The molecule has 2 unspecified atom stereocenters. The number of aliphatic hydroxyl groups is 1. The van der Waals surface area contributed by atoms with Crippen LogP contribution in [0.25, 0.3) is 0 Å². The van der Waals surface area contributed by atoms with Crippen molar-refractivity contribution in [1.82, 2.24) is 15.0 Å². The quantitative estimate of drug-likeness (QED) is 0.479. The van der Waals surface area contributed by atoms with Crippen LogP contribution in [0, 0.1) is 0 Å². The fourth-order valence-corrected chi connectivity index (χ4v) is 1.61. The summed E-state index contributed by atoms with van der Waals surface area (Å²) in [4.78, 5) is 19.0. The maximum atomic E-state index is 10.4. The van der Waals surface area contributed by atoms with Gasteiger partial charge in [-0.2, -0.15) is 19.8 Å². The van der Waals surface area contributed by atoms with Gasteiger partial charge in [-0.3, -0.25) is 0 Å². The Hall–Kier alpha value is -2.35. The zero-order valence-corrected chi connectivity index (χ0v) is 11.2. The summed E-state index contributed by atoms with van der Waals surface area (Å²) in [6.07, 6.45) is 0. The standard InChI is InChI=1S/C7H7O3P.C3H6N6/c8-7(11(9)10)6-4-2-1-3-5-6;4-1-7-2(5)9-3(6)8-1/h1-5,7-8H;(H6,4,5,6,7,8,9)/p+1. The van der Waals surface area contributed by atoms with Crippen molar-refractivity contribution in [2.75, 3.05) is 17.2 Å². The van der Waals surface area contributed by atoms with E-state index in [1.165, 1.54) is 0 Å². The van der Waals surface area contributed by atoms with Gasteiger partial charge in [0.15, 0.2) is 0 Å². The molecular weight excluding hydrogens is 283 g/mol. The van der Waals surface area contributed by atoms with E-state index in [0.29, 0.717) is 5.56 Å². The maximum absolute atomic E-state index is 10.4. The Labute approximate surface area is 115 Å². The predicted molar refractivity (Wildman–Crippen MR) is 74.3 cm³/mol. The van der Waals surface area contributed by atoms with Gasteiger partial charge in [0.05, 0.1) is 0 Å². The summed E-state index contributed by atoms with van der Waals surface area (Å²) in [6.45, 7) is 0. The van der Waals surface area contributed by atoms with E-state index in [-0.39, 0.29) is 17.8 Å². The lowest BCUT2D eigenvalue weighted by molar-refractivity contribution is 0.243. The number of nitrogen functional groups attached to an aromatic ring is 3.